The Balaban J connectivity index is 1.75. The number of hydrogen-bond donors (Lipinski definition) is 1. The van der Waals surface area contributed by atoms with Crippen LogP contribution in [0.5, 0.6) is 5.75 Å². The number of amides is 1. The van der Waals surface area contributed by atoms with Crippen LogP contribution in [-0.4, -0.2) is 53.5 Å². The number of carbonyl (C=O) groups is 1. The van der Waals surface area contributed by atoms with E-state index in [-0.39, 0.29) is 5.91 Å². The Bertz CT molecular complexity index is 452. The lowest BCUT2D eigenvalue weighted by atomic mass is 10.1. The van der Waals surface area contributed by atoms with Crippen LogP contribution in [0, 0.1) is 0 Å². The molecule has 1 aromatic carbocycles. The van der Waals surface area contributed by atoms with Gasteiger partial charge in [-0.15, -0.1) is 0 Å². The van der Waals surface area contributed by atoms with Crippen molar-refractivity contribution >= 4 is 5.91 Å². The third-order valence-corrected chi connectivity index (χ3v) is 4.38. The van der Waals surface area contributed by atoms with Gasteiger partial charge in [0.1, 0.15) is 5.75 Å². The van der Waals surface area contributed by atoms with E-state index in [4.69, 9.17) is 0 Å². The molecule has 21 heavy (non-hydrogen) atoms. The van der Waals surface area contributed by atoms with Gasteiger partial charge >= 0.3 is 0 Å². The number of hydrogen-bond acceptors (Lipinski definition) is 3. The van der Waals surface area contributed by atoms with Gasteiger partial charge < -0.3 is 10.0 Å². The van der Waals surface area contributed by atoms with Crippen LogP contribution in [0.3, 0.4) is 0 Å². The third kappa shape index (κ3) is 4.74. The van der Waals surface area contributed by atoms with E-state index in [0.29, 0.717) is 18.3 Å². The summed E-state index contributed by atoms with van der Waals surface area (Å²) in [5.74, 6) is 0.562. The van der Waals surface area contributed by atoms with E-state index in [2.05, 4.69) is 11.8 Å². The van der Waals surface area contributed by atoms with Gasteiger partial charge in [0, 0.05) is 19.1 Å². The number of phenols is 1. The minimum absolute atomic E-state index is 0.256. The molecule has 0 saturated carbocycles. The van der Waals surface area contributed by atoms with Crippen molar-refractivity contribution in [3.05, 3.63) is 29.8 Å². The average molecular weight is 290 g/mol. The van der Waals surface area contributed by atoms with E-state index < -0.39 is 0 Å². The van der Waals surface area contributed by atoms with Crippen LogP contribution in [0.4, 0.5) is 0 Å². The highest BCUT2D eigenvalue weighted by atomic mass is 16.3. The van der Waals surface area contributed by atoms with Gasteiger partial charge in [0.15, 0.2) is 0 Å². The Kier molecular flexibility index (Phi) is 5.62. The standard InChI is InChI=1S/C17H26N2O2/c1-14(5-6-15-7-9-16(20)10-8-15)18(2)13-17(21)19-11-3-4-12-19/h7-10,14,20H,3-6,11-13H2,1-2H3. The summed E-state index contributed by atoms with van der Waals surface area (Å²) in [6, 6.07) is 7.72. The number of likely N-dealkylation sites (tertiary alicyclic amines) is 1. The van der Waals surface area contributed by atoms with Gasteiger partial charge in [0.2, 0.25) is 5.91 Å². The number of aryl methyl sites for hydroxylation is 1. The molecule has 0 radical (unpaired) electrons. The largest absolute Gasteiger partial charge is 0.508 e. The van der Waals surface area contributed by atoms with Crippen molar-refractivity contribution in [3.8, 4) is 5.75 Å². The highest BCUT2D eigenvalue weighted by Crippen LogP contribution is 2.14. The van der Waals surface area contributed by atoms with Crippen LogP contribution in [0.2, 0.25) is 0 Å². The van der Waals surface area contributed by atoms with E-state index in [0.717, 1.165) is 38.8 Å². The van der Waals surface area contributed by atoms with Gasteiger partial charge in [-0.1, -0.05) is 12.1 Å². The van der Waals surface area contributed by atoms with Crippen molar-refractivity contribution < 1.29 is 9.90 Å². The predicted octanol–water partition coefficient (Wildman–Crippen LogP) is 2.27. The van der Waals surface area contributed by atoms with Gasteiger partial charge in [0.25, 0.3) is 0 Å². The Morgan fingerprint density at radius 2 is 1.90 bits per heavy atom. The van der Waals surface area contributed by atoms with Crippen LogP contribution in [0.15, 0.2) is 24.3 Å². The van der Waals surface area contributed by atoms with Crippen molar-refractivity contribution in [3.63, 3.8) is 0 Å². The van der Waals surface area contributed by atoms with Crippen LogP contribution in [-0.2, 0) is 11.2 Å². The number of nitrogens with zero attached hydrogens (tertiary/aromatic N) is 2. The third-order valence-electron chi connectivity index (χ3n) is 4.38. The van der Waals surface area contributed by atoms with Crippen LogP contribution in [0.25, 0.3) is 0 Å². The first kappa shape index (κ1) is 15.8. The zero-order valence-electron chi connectivity index (χ0n) is 13.1. The highest BCUT2D eigenvalue weighted by molar-refractivity contribution is 5.78. The SMILES string of the molecule is CC(CCc1ccc(O)cc1)N(C)CC(=O)N1CCCC1. The number of carbonyl (C=O) groups excluding carboxylic acids is 1. The van der Waals surface area contributed by atoms with Gasteiger partial charge in [-0.05, 0) is 57.4 Å². The van der Waals surface area contributed by atoms with Crippen molar-refractivity contribution in [2.45, 2.75) is 38.6 Å². The summed E-state index contributed by atoms with van der Waals surface area (Å²) in [5, 5.41) is 9.27. The number of rotatable bonds is 6. The Morgan fingerprint density at radius 3 is 2.52 bits per heavy atom. The Labute approximate surface area is 127 Å². The molecule has 0 aromatic heterocycles. The zero-order chi connectivity index (χ0) is 15.2. The molecular weight excluding hydrogens is 264 g/mol. The van der Waals surface area contributed by atoms with Crippen LogP contribution in [0.1, 0.15) is 31.7 Å². The summed E-state index contributed by atoms with van der Waals surface area (Å²) in [5.41, 5.74) is 1.22. The summed E-state index contributed by atoms with van der Waals surface area (Å²) < 4.78 is 0. The first-order valence-corrected chi connectivity index (χ1v) is 7.82. The first-order chi connectivity index (χ1) is 10.1. The molecule has 1 amide bonds. The second-order valence-corrected chi connectivity index (χ2v) is 6.06. The normalized spacial score (nSPS) is 16.4. The fraction of sp³-hybridized carbons (Fsp3) is 0.588. The van der Waals surface area contributed by atoms with Gasteiger partial charge in [0.05, 0.1) is 6.54 Å². The summed E-state index contributed by atoms with van der Waals surface area (Å²) in [4.78, 5) is 16.2. The number of aromatic hydroxyl groups is 1. The smallest absolute Gasteiger partial charge is 0.236 e. The van der Waals surface area contributed by atoms with Crippen molar-refractivity contribution in [2.75, 3.05) is 26.7 Å². The monoisotopic (exact) mass is 290 g/mol. The summed E-state index contributed by atoms with van der Waals surface area (Å²) >= 11 is 0. The molecule has 116 valence electrons. The van der Waals surface area contributed by atoms with E-state index in [1.807, 2.05) is 24.1 Å². The topological polar surface area (TPSA) is 43.8 Å². The Hall–Kier alpha value is -1.55. The molecule has 1 heterocycles. The van der Waals surface area contributed by atoms with Gasteiger partial charge in [-0.3, -0.25) is 9.69 Å². The predicted molar refractivity (Wildman–Crippen MR) is 84.3 cm³/mol. The fourth-order valence-electron chi connectivity index (χ4n) is 2.69. The lowest BCUT2D eigenvalue weighted by molar-refractivity contribution is -0.131. The van der Waals surface area contributed by atoms with Crippen LogP contribution < -0.4 is 0 Å². The van der Waals surface area contributed by atoms with Crippen molar-refractivity contribution in [1.82, 2.24) is 9.80 Å². The molecule has 0 aliphatic carbocycles. The molecule has 0 spiro atoms. The zero-order valence-corrected chi connectivity index (χ0v) is 13.1. The molecule has 1 N–H and O–H groups in total. The van der Waals surface area contributed by atoms with Gasteiger partial charge in [-0.25, -0.2) is 0 Å². The molecule has 4 nitrogen and oxygen atoms in total. The summed E-state index contributed by atoms with van der Waals surface area (Å²) in [6.07, 6.45) is 4.26. The molecule has 1 atom stereocenters. The molecule has 1 aromatic rings. The van der Waals surface area contributed by atoms with E-state index in [9.17, 15) is 9.90 Å². The summed E-state index contributed by atoms with van der Waals surface area (Å²) in [7, 11) is 2.02. The maximum atomic E-state index is 12.1. The maximum Gasteiger partial charge on any atom is 0.236 e. The molecule has 0 bridgehead atoms. The highest BCUT2D eigenvalue weighted by Gasteiger charge is 2.20. The quantitative estimate of drug-likeness (QED) is 0.874. The molecule has 1 saturated heterocycles. The molecule has 1 fully saturated rings. The second-order valence-electron chi connectivity index (χ2n) is 6.06. The average Bonchev–Trinajstić information content (AvgIpc) is 3.00. The molecule has 1 aliphatic heterocycles. The molecule has 2 rings (SSSR count). The van der Waals surface area contributed by atoms with Crippen molar-refractivity contribution in [2.24, 2.45) is 0 Å². The minimum atomic E-state index is 0.256. The van der Waals surface area contributed by atoms with Gasteiger partial charge in [-0.2, -0.15) is 0 Å². The lowest BCUT2D eigenvalue weighted by Crippen LogP contribution is -2.40. The molecular formula is C17H26N2O2. The number of phenolic OH excluding ortho intramolecular Hbond substituents is 1. The molecule has 1 unspecified atom stereocenters. The number of benzene rings is 1. The van der Waals surface area contributed by atoms with E-state index >= 15 is 0 Å². The maximum absolute atomic E-state index is 12.1. The minimum Gasteiger partial charge on any atom is -0.508 e. The molecule has 4 heteroatoms. The van der Waals surface area contributed by atoms with Crippen LogP contribution >= 0.6 is 0 Å². The lowest BCUT2D eigenvalue weighted by Gasteiger charge is -2.26. The fourth-order valence-corrected chi connectivity index (χ4v) is 2.69. The number of likely N-dealkylation sites (N-methyl/N-ethyl adjacent to an activating group) is 1. The van der Waals surface area contributed by atoms with E-state index in [1.54, 1.807) is 12.1 Å². The Morgan fingerprint density at radius 1 is 1.29 bits per heavy atom. The second kappa shape index (κ2) is 7.46. The van der Waals surface area contributed by atoms with Crippen molar-refractivity contribution in [1.29, 1.82) is 0 Å². The first-order valence-electron chi connectivity index (χ1n) is 7.82. The summed E-state index contributed by atoms with van der Waals surface area (Å²) in [6.45, 7) is 4.53. The molecule has 1 aliphatic rings. The van der Waals surface area contributed by atoms with E-state index in [1.165, 1.54) is 5.56 Å².